The Bertz CT molecular complexity index is 475. The highest BCUT2D eigenvalue weighted by Crippen LogP contribution is 2.20. The van der Waals surface area contributed by atoms with Crippen molar-refractivity contribution in [3.8, 4) is 0 Å². The minimum Gasteiger partial charge on any atom is -0.330 e. The number of hydrogen-bond donors (Lipinski definition) is 2. The number of anilines is 1. The van der Waals surface area contributed by atoms with Crippen LogP contribution >= 0.6 is 15.9 Å². The van der Waals surface area contributed by atoms with Crippen molar-refractivity contribution in [2.24, 2.45) is 11.7 Å². The first-order valence-corrected chi connectivity index (χ1v) is 7.55. The predicted molar refractivity (Wildman–Crippen MR) is 80.9 cm³/mol. The van der Waals surface area contributed by atoms with Gasteiger partial charge in [-0.1, -0.05) is 15.9 Å². The summed E-state index contributed by atoms with van der Waals surface area (Å²) in [5, 5.41) is 2.61. The van der Waals surface area contributed by atoms with Crippen LogP contribution in [0.1, 0.15) is 12.8 Å². The van der Waals surface area contributed by atoms with Crippen molar-refractivity contribution in [3.63, 3.8) is 0 Å². The molecule has 1 saturated heterocycles. The van der Waals surface area contributed by atoms with E-state index in [1.165, 1.54) is 6.07 Å². The summed E-state index contributed by atoms with van der Waals surface area (Å²) in [7, 11) is 0. The summed E-state index contributed by atoms with van der Waals surface area (Å²) in [5.74, 6) is -0.0507. The summed E-state index contributed by atoms with van der Waals surface area (Å²) in [6.45, 7) is 2.76. The van der Waals surface area contributed by atoms with Crippen LogP contribution in [0.2, 0.25) is 0 Å². The third-order valence-corrected chi connectivity index (χ3v) is 4.11. The zero-order valence-corrected chi connectivity index (χ0v) is 12.8. The number of nitrogens with two attached hydrogens (primary N) is 1. The van der Waals surface area contributed by atoms with Gasteiger partial charge in [0.1, 0.15) is 5.82 Å². The summed E-state index contributed by atoms with van der Waals surface area (Å²) in [6.07, 6.45) is 2.05. The SMILES string of the molecule is NCC1CCN(CC(=O)Nc2ccc(Br)cc2F)CC1. The molecule has 1 aliphatic heterocycles. The van der Waals surface area contributed by atoms with Gasteiger partial charge in [0.15, 0.2) is 0 Å². The molecule has 4 nitrogen and oxygen atoms in total. The maximum atomic E-state index is 13.6. The predicted octanol–water partition coefficient (Wildman–Crippen LogP) is 2.20. The van der Waals surface area contributed by atoms with Crippen molar-refractivity contribution in [1.29, 1.82) is 0 Å². The molecule has 0 unspecified atom stereocenters. The molecule has 0 aromatic heterocycles. The molecule has 1 heterocycles. The van der Waals surface area contributed by atoms with Gasteiger partial charge in [0.05, 0.1) is 12.2 Å². The van der Waals surface area contributed by atoms with Crippen molar-refractivity contribution in [2.75, 3.05) is 31.5 Å². The highest BCUT2D eigenvalue weighted by Gasteiger charge is 2.20. The smallest absolute Gasteiger partial charge is 0.238 e. The van der Waals surface area contributed by atoms with E-state index < -0.39 is 5.82 Å². The average molecular weight is 344 g/mol. The molecule has 20 heavy (non-hydrogen) atoms. The number of piperidine rings is 1. The van der Waals surface area contributed by atoms with Crippen LogP contribution in [0.3, 0.4) is 0 Å². The molecule has 1 fully saturated rings. The number of hydrogen-bond acceptors (Lipinski definition) is 3. The fraction of sp³-hybridized carbons (Fsp3) is 0.500. The van der Waals surface area contributed by atoms with Crippen molar-refractivity contribution in [3.05, 3.63) is 28.5 Å². The minimum absolute atomic E-state index is 0.183. The average Bonchev–Trinajstić information content (AvgIpc) is 2.43. The Morgan fingerprint density at radius 1 is 1.45 bits per heavy atom. The van der Waals surface area contributed by atoms with Gasteiger partial charge in [-0.2, -0.15) is 0 Å². The van der Waals surface area contributed by atoms with E-state index in [2.05, 4.69) is 26.1 Å². The Morgan fingerprint density at radius 3 is 2.75 bits per heavy atom. The monoisotopic (exact) mass is 343 g/mol. The lowest BCUT2D eigenvalue weighted by Crippen LogP contribution is -2.40. The van der Waals surface area contributed by atoms with Crippen molar-refractivity contribution in [1.82, 2.24) is 4.90 Å². The van der Waals surface area contributed by atoms with Gasteiger partial charge in [0.2, 0.25) is 5.91 Å². The van der Waals surface area contributed by atoms with Gasteiger partial charge >= 0.3 is 0 Å². The second-order valence-corrected chi connectivity index (χ2v) is 6.04. The van der Waals surface area contributed by atoms with Crippen LogP contribution in [0, 0.1) is 11.7 Å². The number of likely N-dealkylation sites (tertiary alicyclic amines) is 1. The Morgan fingerprint density at radius 2 is 2.15 bits per heavy atom. The summed E-state index contributed by atoms with van der Waals surface area (Å²) in [4.78, 5) is 14.0. The molecule has 0 atom stereocenters. The fourth-order valence-corrected chi connectivity index (χ4v) is 2.70. The fourth-order valence-electron chi connectivity index (χ4n) is 2.36. The molecule has 6 heteroatoms. The quantitative estimate of drug-likeness (QED) is 0.880. The van der Waals surface area contributed by atoms with Gasteiger partial charge in [0.25, 0.3) is 0 Å². The first kappa shape index (κ1) is 15.4. The van der Waals surface area contributed by atoms with Gasteiger partial charge in [-0.15, -0.1) is 0 Å². The second kappa shape index (κ2) is 7.15. The lowest BCUT2D eigenvalue weighted by Gasteiger charge is -2.30. The molecule has 3 N–H and O–H groups in total. The highest BCUT2D eigenvalue weighted by molar-refractivity contribution is 9.10. The standard InChI is InChI=1S/C14H19BrFN3O/c15-11-1-2-13(12(16)7-11)18-14(20)9-19-5-3-10(8-17)4-6-19/h1-2,7,10H,3-6,8-9,17H2,(H,18,20). The van der Waals surface area contributed by atoms with Crippen LogP contribution in [0.25, 0.3) is 0 Å². The molecular weight excluding hydrogens is 325 g/mol. The number of rotatable bonds is 4. The van der Waals surface area contributed by atoms with E-state index in [1.54, 1.807) is 12.1 Å². The molecule has 1 aliphatic rings. The number of benzene rings is 1. The number of carbonyl (C=O) groups excluding carboxylic acids is 1. The van der Waals surface area contributed by atoms with E-state index in [0.29, 0.717) is 23.5 Å². The van der Waals surface area contributed by atoms with E-state index >= 15 is 0 Å². The largest absolute Gasteiger partial charge is 0.330 e. The van der Waals surface area contributed by atoms with Crippen LogP contribution in [-0.2, 0) is 4.79 Å². The number of nitrogens with zero attached hydrogens (tertiary/aromatic N) is 1. The second-order valence-electron chi connectivity index (χ2n) is 5.13. The van der Waals surface area contributed by atoms with Crippen LogP contribution in [0.4, 0.5) is 10.1 Å². The maximum Gasteiger partial charge on any atom is 0.238 e. The molecule has 0 bridgehead atoms. The normalized spacial score (nSPS) is 17.1. The third kappa shape index (κ3) is 4.26. The summed E-state index contributed by atoms with van der Waals surface area (Å²) in [5.41, 5.74) is 5.86. The van der Waals surface area contributed by atoms with E-state index in [4.69, 9.17) is 5.73 Å². The van der Waals surface area contributed by atoms with Crippen LogP contribution in [0.5, 0.6) is 0 Å². The highest BCUT2D eigenvalue weighted by atomic mass is 79.9. The van der Waals surface area contributed by atoms with Gasteiger partial charge in [-0.3, -0.25) is 9.69 Å². The Hall–Kier alpha value is -0.980. The van der Waals surface area contributed by atoms with Gasteiger partial charge < -0.3 is 11.1 Å². The topological polar surface area (TPSA) is 58.4 Å². The van der Waals surface area contributed by atoms with Crippen LogP contribution in [-0.4, -0.2) is 37.0 Å². The van der Waals surface area contributed by atoms with Gasteiger partial charge in [-0.05, 0) is 56.6 Å². The van der Waals surface area contributed by atoms with Crippen molar-refractivity contribution >= 4 is 27.5 Å². The molecule has 0 aliphatic carbocycles. The number of nitrogens with one attached hydrogen (secondary N) is 1. The molecule has 1 aromatic rings. The summed E-state index contributed by atoms with van der Waals surface area (Å²) >= 11 is 3.18. The van der Waals surface area contributed by atoms with Crippen LogP contribution < -0.4 is 11.1 Å². The molecule has 1 amide bonds. The van der Waals surface area contributed by atoms with Crippen LogP contribution in [0.15, 0.2) is 22.7 Å². The molecule has 0 radical (unpaired) electrons. The van der Waals surface area contributed by atoms with Crippen molar-refractivity contribution in [2.45, 2.75) is 12.8 Å². The molecule has 0 spiro atoms. The Labute approximate surface area is 126 Å². The third-order valence-electron chi connectivity index (χ3n) is 3.61. The van der Waals surface area contributed by atoms with Gasteiger partial charge in [0, 0.05) is 4.47 Å². The maximum absolute atomic E-state index is 13.6. The zero-order valence-electron chi connectivity index (χ0n) is 11.2. The molecule has 2 rings (SSSR count). The lowest BCUT2D eigenvalue weighted by atomic mass is 9.97. The van der Waals surface area contributed by atoms with Crippen molar-refractivity contribution < 1.29 is 9.18 Å². The minimum atomic E-state index is -0.436. The molecule has 0 saturated carbocycles. The van der Waals surface area contributed by atoms with E-state index in [0.717, 1.165) is 25.9 Å². The number of carbonyl (C=O) groups is 1. The Kier molecular flexibility index (Phi) is 5.51. The first-order chi connectivity index (χ1) is 9.58. The molecule has 1 aromatic carbocycles. The first-order valence-electron chi connectivity index (χ1n) is 6.76. The van der Waals surface area contributed by atoms with E-state index in [9.17, 15) is 9.18 Å². The molecule has 110 valence electrons. The number of halogens is 2. The van der Waals surface area contributed by atoms with E-state index in [-0.39, 0.29) is 11.6 Å². The summed E-state index contributed by atoms with van der Waals surface area (Å²) in [6, 6.07) is 4.59. The Balaban J connectivity index is 1.84. The molecular formula is C14H19BrFN3O. The zero-order chi connectivity index (χ0) is 14.5. The van der Waals surface area contributed by atoms with Gasteiger partial charge in [-0.25, -0.2) is 4.39 Å². The van der Waals surface area contributed by atoms with E-state index in [1.807, 2.05) is 0 Å². The summed E-state index contributed by atoms with van der Waals surface area (Å²) < 4.78 is 14.3. The lowest BCUT2D eigenvalue weighted by molar-refractivity contribution is -0.117. The number of amides is 1.